The van der Waals surface area contributed by atoms with E-state index < -0.39 is 21.9 Å². The Morgan fingerprint density at radius 3 is 2.73 bits per heavy atom. The SMILES string of the molecule is Cn1ccc2cc(-c3cc4c(O)c([N+](=O)[O-])c(=O)[nH]c4cc3Cl)ccc21. The van der Waals surface area contributed by atoms with Crippen LogP contribution < -0.4 is 5.56 Å². The zero-order chi connectivity index (χ0) is 18.6. The quantitative estimate of drug-likeness (QED) is 0.412. The number of halogens is 1. The van der Waals surface area contributed by atoms with E-state index in [4.69, 9.17) is 11.6 Å². The van der Waals surface area contributed by atoms with Crippen molar-refractivity contribution in [3.05, 3.63) is 68.1 Å². The molecule has 2 aromatic carbocycles. The van der Waals surface area contributed by atoms with E-state index in [0.29, 0.717) is 10.6 Å². The maximum atomic E-state index is 11.8. The average Bonchev–Trinajstić information content (AvgIpc) is 2.94. The summed E-state index contributed by atoms with van der Waals surface area (Å²) in [6.45, 7) is 0. The minimum absolute atomic E-state index is 0.156. The Kier molecular flexibility index (Phi) is 3.48. The lowest BCUT2D eigenvalue weighted by Gasteiger charge is -2.09. The van der Waals surface area contributed by atoms with Gasteiger partial charge in [-0.1, -0.05) is 17.7 Å². The summed E-state index contributed by atoms with van der Waals surface area (Å²) < 4.78 is 1.99. The predicted molar refractivity (Wildman–Crippen MR) is 99.8 cm³/mol. The van der Waals surface area contributed by atoms with E-state index in [1.807, 2.05) is 42.1 Å². The van der Waals surface area contributed by atoms with Gasteiger partial charge in [0.2, 0.25) is 5.75 Å². The summed E-state index contributed by atoms with van der Waals surface area (Å²) in [7, 11) is 1.94. The van der Waals surface area contributed by atoms with Gasteiger partial charge in [-0.25, -0.2) is 0 Å². The molecule has 4 aromatic rings. The van der Waals surface area contributed by atoms with Crippen LogP contribution in [-0.4, -0.2) is 19.6 Å². The van der Waals surface area contributed by atoms with Gasteiger partial charge in [-0.2, -0.15) is 0 Å². The lowest BCUT2D eigenvalue weighted by atomic mass is 10.0. The third-order valence-corrected chi connectivity index (χ3v) is 4.74. The number of fused-ring (bicyclic) bond motifs is 2. The highest BCUT2D eigenvalue weighted by Crippen LogP contribution is 2.37. The summed E-state index contributed by atoms with van der Waals surface area (Å²) in [6, 6.07) is 10.8. The molecule has 4 rings (SSSR count). The van der Waals surface area contributed by atoms with Crippen molar-refractivity contribution < 1.29 is 10.0 Å². The fourth-order valence-electron chi connectivity index (χ4n) is 3.13. The number of H-pyrrole nitrogens is 1. The molecule has 0 radical (unpaired) electrons. The summed E-state index contributed by atoms with van der Waals surface area (Å²) in [5.41, 5.74) is 0.811. The lowest BCUT2D eigenvalue weighted by molar-refractivity contribution is -0.387. The Balaban J connectivity index is 2.01. The molecule has 2 N–H and O–H groups in total. The van der Waals surface area contributed by atoms with E-state index >= 15 is 0 Å². The highest BCUT2D eigenvalue weighted by atomic mass is 35.5. The summed E-state index contributed by atoms with van der Waals surface area (Å²) >= 11 is 6.36. The molecule has 0 bridgehead atoms. The molecule has 2 heterocycles. The molecule has 2 aromatic heterocycles. The number of aryl methyl sites for hydroxylation is 1. The predicted octanol–water partition coefficient (Wildman–Crippen LogP) is 3.95. The highest BCUT2D eigenvalue weighted by Gasteiger charge is 2.23. The van der Waals surface area contributed by atoms with Crippen molar-refractivity contribution in [1.29, 1.82) is 0 Å². The summed E-state index contributed by atoms with van der Waals surface area (Å²) in [4.78, 5) is 24.3. The molecule has 0 fully saturated rings. The number of benzene rings is 2. The van der Waals surface area contributed by atoms with Gasteiger partial charge in [0.05, 0.1) is 15.5 Å². The molecule has 8 heteroatoms. The van der Waals surface area contributed by atoms with Crippen molar-refractivity contribution in [3.8, 4) is 16.9 Å². The molecule has 0 spiro atoms. The van der Waals surface area contributed by atoms with Crippen molar-refractivity contribution in [2.75, 3.05) is 0 Å². The second-order valence-electron chi connectivity index (χ2n) is 5.99. The standard InChI is InChI=1S/C18H12ClN3O4/c1-21-5-4-10-6-9(2-3-15(10)21)11-7-12-14(8-13(11)19)20-18(24)16(17(12)23)22(25)26/h2-8H,1H3,(H2,20,23,24). The largest absolute Gasteiger partial charge is 0.501 e. The fourth-order valence-corrected chi connectivity index (χ4v) is 3.40. The third kappa shape index (κ3) is 2.33. The first-order valence-electron chi connectivity index (χ1n) is 7.65. The van der Waals surface area contributed by atoms with Crippen LogP contribution in [-0.2, 0) is 7.05 Å². The Morgan fingerprint density at radius 2 is 2.00 bits per heavy atom. The van der Waals surface area contributed by atoms with Crippen LogP contribution in [0.5, 0.6) is 5.75 Å². The molecule has 0 unspecified atom stereocenters. The van der Waals surface area contributed by atoms with E-state index in [2.05, 4.69) is 4.98 Å². The van der Waals surface area contributed by atoms with Gasteiger partial charge in [0, 0.05) is 35.1 Å². The molecule has 7 nitrogen and oxygen atoms in total. The van der Waals surface area contributed by atoms with Gasteiger partial charge in [0.25, 0.3) is 0 Å². The number of aromatic hydroxyl groups is 1. The lowest BCUT2D eigenvalue weighted by Crippen LogP contribution is -2.11. The number of nitrogens with zero attached hydrogens (tertiary/aromatic N) is 2. The van der Waals surface area contributed by atoms with Crippen molar-refractivity contribution in [3.63, 3.8) is 0 Å². The summed E-state index contributed by atoms with van der Waals surface area (Å²) in [6.07, 6.45) is 1.94. The Morgan fingerprint density at radius 1 is 1.23 bits per heavy atom. The normalized spacial score (nSPS) is 11.3. The summed E-state index contributed by atoms with van der Waals surface area (Å²) in [5, 5.41) is 22.8. The second kappa shape index (κ2) is 5.60. The van der Waals surface area contributed by atoms with Crippen molar-refractivity contribution in [2.45, 2.75) is 0 Å². The van der Waals surface area contributed by atoms with Gasteiger partial charge >= 0.3 is 11.2 Å². The monoisotopic (exact) mass is 369 g/mol. The van der Waals surface area contributed by atoms with Crippen LogP contribution in [0.4, 0.5) is 5.69 Å². The van der Waals surface area contributed by atoms with E-state index in [0.717, 1.165) is 16.5 Å². The van der Waals surface area contributed by atoms with Crippen molar-refractivity contribution in [2.24, 2.45) is 7.05 Å². The summed E-state index contributed by atoms with van der Waals surface area (Å²) in [5.74, 6) is -0.674. The van der Waals surface area contributed by atoms with Crippen LogP contribution in [0.25, 0.3) is 32.9 Å². The van der Waals surface area contributed by atoms with Gasteiger partial charge in [-0.15, -0.1) is 0 Å². The van der Waals surface area contributed by atoms with Crippen molar-refractivity contribution in [1.82, 2.24) is 9.55 Å². The van der Waals surface area contributed by atoms with Gasteiger partial charge in [0.1, 0.15) is 0 Å². The molecule has 0 saturated heterocycles. The number of rotatable bonds is 2. The average molecular weight is 370 g/mol. The maximum absolute atomic E-state index is 11.8. The zero-order valence-electron chi connectivity index (χ0n) is 13.5. The van der Waals surface area contributed by atoms with Gasteiger partial charge in [-0.05, 0) is 35.9 Å². The van der Waals surface area contributed by atoms with Crippen LogP contribution >= 0.6 is 11.6 Å². The molecule has 0 aliphatic heterocycles. The van der Waals surface area contributed by atoms with Crippen LogP contribution in [0.15, 0.2) is 47.4 Å². The number of nitrogens with one attached hydrogen (secondary N) is 1. The van der Waals surface area contributed by atoms with Gasteiger partial charge in [-0.3, -0.25) is 14.9 Å². The highest BCUT2D eigenvalue weighted by molar-refractivity contribution is 6.34. The van der Waals surface area contributed by atoms with Crippen LogP contribution in [0.3, 0.4) is 0 Å². The van der Waals surface area contributed by atoms with Crippen LogP contribution in [0.2, 0.25) is 5.02 Å². The first-order chi connectivity index (χ1) is 12.4. The maximum Gasteiger partial charge on any atom is 0.375 e. The molecule has 0 aliphatic carbocycles. The minimum atomic E-state index is -0.977. The molecule has 0 saturated carbocycles. The first-order valence-corrected chi connectivity index (χ1v) is 8.03. The first kappa shape index (κ1) is 16.2. The van der Waals surface area contributed by atoms with Crippen LogP contribution in [0.1, 0.15) is 0 Å². The Labute approximate surface area is 151 Å². The molecule has 0 atom stereocenters. The number of aromatic amines is 1. The number of pyridine rings is 1. The van der Waals surface area contributed by atoms with E-state index in [-0.39, 0.29) is 10.9 Å². The van der Waals surface area contributed by atoms with Gasteiger partial charge in [0.15, 0.2) is 0 Å². The minimum Gasteiger partial charge on any atom is -0.501 e. The second-order valence-corrected chi connectivity index (χ2v) is 6.39. The number of hydrogen-bond donors (Lipinski definition) is 2. The Hall–Kier alpha value is -3.32. The van der Waals surface area contributed by atoms with Crippen LogP contribution in [0, 0.1) is 10.1 Å². The number of nitro groups is 1. The van der Waals surface area contributed by atoms with Crippen molar-refractivity contribution >= 4 is 39.1 Å². The molecular weight excluding hydrogens is 358 g/mol. The third-order valence-electron chi connectivity index (χ3n) is 4.43. The Bertz CT molecular complexity index is 1270. The van der Waals surface area contributed by atoms with E-state index in [9.17, 15) is 20.0 Å². The number of aromatic nitrogens is 2. The van der Waals surface area contributed by atoms with E-state index in [1.165, 1.54) is 6.07 Å². The van der Waals surface area contributed by atoms with Gasteiger partial charge < -0.3 is 14.7 Å². The smallest absolute Gasteiger partial charge is 0.375 e. The fraction of sp³-hybridized carbons (Fsp3) is 0.0556. The molecule has 0 aliphatic rings. The molecule has 26 heavy (non-hydrogen) atoms. The molecule has 130 valence electrons. The molecule has 0 amide bonds. The zero-order valence-corrected chi connectivity index (χ0v) is 14.2. The topological polar surface area (TPSA) is 101 Å². The number of hydrogen-bond acceptors (Lipinski definition) is 4. The van der Waals surface area contributed by atoms with E-state index in [1.54, 1.807) is 6.07 Å². The molecular formula is C18H12ClN3O4.